The van der Waals surface area contributed by atoms with E-state index in [0.717, 1.165) is 12.4 Å². The number of rotatable bonds is 2. The fourth-order valence-corrected chi connectivity index (χ4v) is 0.651. The predicted molar refractivity (Wildman–Crippen MR) is 36.0 cm³/mol. The summed E-state index contributed by atoms with van der Waals surface area (Å²) in [4.78, 5) is 27.4. The molecule has 0 aliphatic carbocycles. The molecule has 0 aromatic carbocycles. The van der Waals surface area contributed by atoms with Crippen LogP contribution in [0.3, 0.4) is 0 Å². The molecule has 0 aliphatic rings. The van der Waals surface area contributed by atoms with Crippen molar-refractivity contribution >= 4 is 11.9 Å². The van der Waals surface area contributed by atoms with E-state index in [-0.39, 0.29) is 21.1 Å². The number of carbonyl (C=O) groups is 2. The summed E-state index contributed by atoms with van der Waals surface area (Å²) in [6.07, 6.45) is 2.24. The molecule has 72 valence electrons. The fraction of sp³-hybridized carbons (Fsp3) is 0. The Bertz CT molecular complexity index is 308. The topological polar surface area (TPSA) is 100 Å². The van der Waals surface area contributed by atoms with Gasteiger partial charge in [-0.25, -0.2) is 19.6 Å². The van der Waals surface area contributed by atoms with Crippen LogP contribution in [-0.4, -0.2) is 32.1 Å². The minimum absolute atomic E-state index is 0. The van der Waals surface area contributed by atoms with Crippen molar-refractivity contribution in [2.24, 2.45) is 0 Å². The van der Waals surface area contributed by atoms with Crippen molar-refractivity contribution in [2.75, 3.05) is 0 Å². The normalized spacial score (nSPS) is 8.62. The number of hydrogen-bond donors (Lipinski definition) is 2. The van der Waals surface area contributed by atoms with Gasteiger partial charge in [-0.3, -0.25) is 0 Å². The smallest absolute Gasteiger partial charge is 0.357 e. The van der Waals surface area contributed by atoms with Crippen molar-refractivity contribution in [1.82, 2.24) is 9.97 Å². The molecular formula is C6H4N2O4Pt. The molecule has 0 saturated carbocycles. The van der Waals surface area contributed by atoms with Crippen LogP contribution in [0.2, 0.25) is 0 Å². The third kappa shape index (κ3) is 2.59. The second kappa shape index (κ2) is 4.67. The number of carboxylic acids is 2. The van der Waals surface area contributed by atoms with E-state index in [0.29, 0.717) is 0 Å². The van der Waals surface area contributed by atoms with Crippen LogP contribution in [0.15, 0.2) is 12.4 Å². The third-order valence-electron chi connectivity index (χ3n) is 1.10. The molecule has 0 fully saturated rings. The zero-order valence-corrected chi connectivity index (χ0v) is 8.35. The molecule has 0 bridgehead atoms. The molecular weight excluding hydrogens is 359 g/mol. The second-order valence-corrected chi connectivity index (χ2v) is 1.86. The van der Waals surface area contributed by atoms with Crippen molar-refractivity contribution in [1.29, 1.82) is 0 Å². The summed E-state index contributed by atoms with van der Waals surface area (Å²) in [5.41, 5.74) is -1.10. The average molecular weight is 363 g/mol. The maximum atomic E-state index is 10.4. The molecule has 1 rings (SSSR count). The molecule has 7 heteroatoms. The van der Waals surface area contributed by atoms with Crippen LogP contribution in [0.1, 0.15) is 21.0 Å². The SMILES string of the molecule is O=C(O)c1nccnc1C(=O)O.[Pt]. The molecule has 0 spiro atoms. The van der Waals surface area contributed by atoms with Gasteiger partial charge in [0, 0.05) is 33.5 Å². The molecule has 0 unspecified atom stereocenters. The molecule has 1 aromatic heterocycles. The van der Waals surface area contributed by atoms with Crippen molar-refractivity contribution in [2.45, 2.75) is 0 Å². The van der Waals surface area contributed by atoms with Gasteiger partial charge in [0.2, 0.25) is 0 Å². The minimum atomic E-state index is -1.40. The number of nitrogens with zero attached hydrogens (tertiary/aromatic N) is 2. The van der Waals surface area contributed by atoms with Gasteiger partial charge in [0.1, 0.15) is 0 Å². The van der Waals surface area contributed by atoms with Gasteiger partial charge in [0.05, 0.1) is 0 Å². The van der Waals surface area contributed by atoms with Crippen LogP contribution >= 0.6 is 0 Å². The quantitative estimate of drug-likeness (QED) is 0.760. The maximum Gasteiger partial charge on any atom is 0.357 e. The van der Waals surface area contributed by atoms with Crippen LogP contribution in [0.25, 0.3) is 0 Å². The Morgan fingerprint density at radius 2 is 1.31 bits per heavy atom. The van der Waals surface area contributed by atoms with Gasteiger partial charge in [0.25, 0.3) is 0 Å². The first-order chi connectivity index (χ1) is 5.63. The third-order valence-corrected chi connectivity index (χ3v) is 1.10. The van der Waals surface area contributed by atoms with Gasteiger partial charge in [-0.15, -0.1) is 0 Å². The van der Waals surface area contributed by atoms with E-state index in [2.05, 4.69) is 9.97 Å². The van der Waals surface area contributed by atoms with Gasteiger partial charge in [-0.05, 0) is 0 Å². The minimum Gasteiger partial charge on any atom is -0.476 e. The van der Waals surface area contributed by atoms with Gasteiger partial charge < -0.3 is 10.2 Å². The summed E-state index contributed by atoms with van der Waals surface area (Å²) in [6, 6.07) is 0. The fourth-order valence-electron chi connectivity index (χ4n) is 0.651. The number of carboxylic acid groups (broad SMARTS) is 2. The summed E-state index contributed by atoms with van der Waals surface area (Å²) >= 11 is 0. The average Bonchev–Trinajstić information content (AvgIpc) is 2.04. The Hall–Kier alpha value is -1.29. The summed E-state index contributed by atoms with van der Waals surface area (Å²) in [5.74, 6) is -2.80. The van der Waals surface area contributed by atoms with Gasteiger partial charge in [-0.2, -0.15) is 0 Å². The van der Waals surface area contributed by atoms with Gasteiger partial charge in [0.15, 0.2) is 11.4 Å². The Balaban J connectivity index is 0.00000144. The molecule has 0 atom stereocenters. The predicted octanol–water partition coefficient (Wildman–Crippen LogP) is -0.130. The Morgan fingerprint density at radius 3 is 1.54 bits per heavy atom. The van der Waals surface area contributed by atoms with Crippen LogP contribution in [0, 0.1) is 0 Å². The van der Waals surface area contributed by atoms with Crippen LogP contribution in [-0.2, 0) is 21.1 Å². The Morgan fingerprint density at radius 1 is 1.00 bits per heavy atom. The molecule has 0 amide bonds. The second-order valence-electron chi connectivity index (χ2n) is 1.86. The van der Waals surface area contributed by atoms with Gasteiger partial charge in [-0.1, -0.05) is 0 Å². The Labute approximate surface area is 86.9 Å². The maximum absolute atomic E-state index is 10.4. The molecule has 2 N–H and O–H groups in total. The molecule has 6 nitrogen and oxygen atoms in total. The summed E-state index contributed by atoms with van der Waals surface area (Å²) in [6.45, 7) is 0. The van der Waals surface area contributed by atoms with Crippen molar-refractivity contribution in [3.8, 4) is 0 Å². The molecule has 0 saturated heterocycles. The zero-order valence-electron chi connectivity index (χ0n) is 6.08. The van der Waals surface area contributed by atoms with E-state index >= 15 is 0 Å². The summed E-state index contributed by atoms with van der Waals surface area (Å²) in [7, 11) is 0. The van der Waals surface area contributed by atoms with Crippen molar-refractivity contribution in [3.05, 3.63) is 23.8 Å². The molecule has 0 aliphatic heterocycles. The first-order valence-corrected chi connectivity index (χ1v) is 2.90. The molecule has 1 heterocycles. The van der Waals surface area contributed by atoms with E-state index in [4.69, 9.17) is 10.2 Å². The monoisotopic (exact) mass is 363 g/mol. The van der Waals surface area contributed by atoms with Crippen LogP contribution in [0.5, 0.6) is 0 Å². The van der Waals surface area contributed by atoms with E-state index < -0.39 is 23.3 Å². The van der Waals surface area contributed by atoms with E-state index in [1.165, 1.54) is 0 Å². The molecule has 1 aromatic rings. The number of aromatic nitrogens is 2. The van der Waals surface area contributed by atoms with E-state index in [1.54, 1.807) is 0 Å². The zero-order chi connectivity index (χ0) is 9.14. The van der Waals surface area contributed by atoms with Crippen molar-refractivity contribution < 1.29 is 40.9 Å². The number of aromatic carboxylic acids is 2. The largest absolute Gasteiger partial charge is 0.476 e. The summed E-state index contributed by atoms with van der Waals surface area (Å²) < 4.78 is 0. The van der Waals surface area contributed by atoms with Crippen LogP contribution in [0.4, 0.5) is 0 Å². The summed E-state index contributed by atoms with van der Waals surface area (Å²) in [5, 5.41) is 16.9. The van der Waals surface area contributed by atoms with Crippen LogP contribution < -0.4 is 0 Å². The van der Waals surface area contributed by atoms with E-state index in [1.807, 2.05) is 0 Å². The van der Waals surface area contributed by atoms with Crippen molar-refractivity contribution in [3.63, 3.8) is 0 Å². The first kappa shape index (κ1) is 11.7. The molecule has 13 heavy (non-hydrogen) atoms. The van der Waals surface area contributed by atoms with E-state index in [9.17, 15) is 9.59 Å². The Kier molecular flexibility index (Phi) is 4.20. The molecule has 0 radical (unpaired) electrons. The number of hydrogen-bond acceptors (Lipinski definition) is 4. The standard InChI is InChI=1S/C6H4N2O4.Pt/c9-5(10)3-4(6(11)12)8-2-1-7-3;/h1-2H,(H,9,10)(H,11,12);. The first-order valence-electron chi connectivity index (χ1n) is 2.90. The van der Waals surface area contributed by atoms with Gasteiger partial charge >= 0.3 is 11.9 Å².